The molecule has 4 heterocycles. The lowest BCUT2D eigenvalue weighted by Crippen LogP contribution is -2.26. The summed E-state index contributed by atoms with van der Waals surface area (Å²) in [5.41, 5.74) is 10.8. The molecule has 10 rings (SSSR count). The summed E-state index contributed by atoms with van der Waals surface area (Å²) in [5.74, 6) is -0.777. The lowest BCUT2D eigenvalue weighted by Gasteiger charge is -2.18. The van der Waals surface area contributed by atoms with Gasteiger partial charge in [0.15, 0.2) is 0 Å². The van der Waals surface area contributed by atoms with Crippen LogP contribution in [0.5, 0.6) is 11.8 Å². The average molecular weight is 1010 g/mol. The van der Waals surface area contributed by atoms with Gasteiger partial charge in [0.05, 0.1) is 19.4 Å². The summed E-state index contributed by atoms with van der Waals surface area (Å²) in [5, 5.41) is 31.6. The highest BCUT2D eigenvalue weighted by molar-refractivity contribution is 6.31. The lowest BCUT2D eigenvalue weighted by atomic mass is 10.1. The van der Waals surface area contributed by atoms with Crippen LogP contribution in [0.2, 0.25) is 10.0 Å². The minimum Gasteiger partial charge on any atom is -0.477 e. The number of rotatable bonds is 15. The van der Waals surface area contributed by atoms with Crippen molar-refractivity contribution >= 4 is 47.0 Å². The molecule has 0 unspecified atom stereocenters. The molecule has 1 amide bonds. The number of amides is 1. The highest BCUT2D eigenvalue weighted by Gasteiger charge is 2.49. The second-order valence-corrected chi connectivity index (χ2v) is 19.1. The van der Waals surface area contributed by atoms with Crippen LogP contribution in [0.1, 0.15) is 92.6 Å². The van der Waals surface area contributed by atoms with E-state index in [1.54, 1.807) is 54.6 Å². The Morgan fingerprint density at radius 1 is 0.648 bits per heavy atom. The molecule has 372 valence electrons. The first kappa shape index (κ1) is 50.9. The number of ether oxygens (including phenoxy) is 2. The molecule has 0 radical (unpaired) electrons. The zero-order valence-electron chi connectivity index (χ0n) is 38.8. The number of hydrogen-bond donors (Lipinski definition) is 5. The molecular formula is C52H54Cl2F2N8O7. The van der Waals surface area contributed by atoms with Crippen LogP contribution in [0.15, 0.2) is 97.3 Å². The Kier molecular flexibility index (Phi) is 16.3. The Balaban J connectivity index is 0.000000166. The molecule has 4 aromatic carbocycles. The fourth-order valence-corrected chi connectivity index (χ4v) is 8.87. The van der Waals surface area contributed by atoms with Crippen LogP contribution in [-0.4, -0.2) is 73.3 Å². The van der Waals surface area contributed by atoms with Crippen LogP contribution in [0.25, 0.3) is 0 Å². The molecule has 2 aromatic heterocycles. The molecule has 4 fully saturated rings. The van der Waals surface area contributed by atoms with Crippen LogP contribution < -0.4 is 30.3 Å². The number of anilines is 2. The molecule has 15 nitrogen and oxygen atoms in total. The van der Waals surface area contributed by atoms with Crippen molar-refractivity contribution in [3.8, 4) is 11.8 Å². The van der Waals surface area contributed by atoms with E-state index in [4.69, 9.17) is 38.4 Å². The molecule has 19 heteroatoms. The maximum Gasteiger partial charge on any atom is 0.342 e. The highest BCUT2D eigenvalue weighted by Crippen LogP contribution is 2.54. The third kappa shape index (κ3) is 13.3. The summed E-state index contributed by atoms with van der Waals surface area (Å²) >= 11 is 12.3. The molecule has 0 bridgehead atoms. The van der Waals surface area contributed by atoms with Crippen LogP contribution in [0, 0.1) is 22.5 Å². The van der Waals surface area contributed by atoms with Crippen LogP contribution >= 0.6 is 23.2 Å². The number of benzene rings is 4. The standard InChI is InChI=1S/C26H26ClFN4O3.C19H20ClN3O4.C7H8FN/c27-22-11-18(1-4-19(22)14-33)15-35-24-21(23(34)29-12-17-2-5-20(28)6-3-17)13-30-25(31-24)32-10-9-26(16-32)7-8-26;20-15-7-12(1-2-13(15)9-24)10-27-16-14(17(25)26)8-21-18(22-16)23-6-5-19(11-23)3-4-19;8-7-3-1-6(5-9)2-4-7/h1-6,11,13,33H,7-10,12,14-16H2,(H,29,34);1-2,7-8,24H,3-6,9-11H2,(H,25,26);1-4H,5,9H2. The molecule has 2 aliphatic heterocycles. The Morgan fingerprint density at radius 3 is 1.49 bits per heavy atom. The second kappa shape index (κ2) is 22.7. The van der Waals surface area contributed by atoms with Crippen molar-refractivity contribution < 1.29 is 43.2 Å². The van der Waals surface area contributed by atoms with Gasteiger partial charge in [-0.3, -0.25) is 4.79 Å². The van der Waals surface area contributed by atoms with Gasteiger partial charge in [-0.15, -0.1) is 0 Å². The molecule has 2 saturated heterocycles. The summed E-state index contributed by atoms with van der Waals surface area (Å²) in [4.78, 5) is 46.4. The van der Waals surface area contributed by atoms with E-state index in [9.17, 15) is 33.7 Å². The number of halogens is 4. The van der Waals surface area contributed by atoms with Gasteiger partial charge in [-0.1, -0.05) is 71.7 Å². The number of aliphatic hydroxyl groups is 2. The van der Waals surface area contributed by atoms with E-state index in [1.165, 1.54) is 62.3 Å². The summed E-state index contributed by atoms with van der Waals surface area (Å²) < 4.78 is 37.1. The third-order valence-corrected chi connectivity index (χ3v) is 13.9. The van der Waals surface area contributed by atoms with E-state index in [0.29, 0.717) is 50.4 Å². The molecule has 2 saturated carbocycles. The number of aromatic nitrogens is 4. The van der Waals surface area contributed by atoms with Gasteiger partial charge >= 0.3 is 5.97 Å². The van der Waals surface area contributed by atoms with Crippen molar-refractivity contribution in [2.24, 2.45) is 16.6 Å². The quantitative estimate of drug-likeness (QED) is 0.0654. The molecule has 2 spiro atoms. The second-order valence-electron chi connectivity index (χ2n) is 18.3. The highest BCUT2D eigenvalue weighted by atomic mass is 35.5. The van der Waals surface area contributed by atoms with E-state index < -0.39 is 5.97 Å². The van der Waals surface area contributed by atoms with Gasteiger partial charge in [0.2, 0.25) is 23.7 Å². The van der Waals surface area contributed by atoms with E-state index in [-0.39, 0.29) is 73.4 Å². The molecular weight excluding hydrogens is 958 g/mol. The average Bonchev–Trinajstić information content (AvgIpc) is 4.23. The minimum atomic E-state index is -1.13. The number of carbonyl (C=O) groups excluding carboxylic acids is 1. The Labute approximate surface area is 419 Å². The molecule has 6 N–H and O–H groups in total. The van der Waals surface area contributed by atoms with Crippen molar-refractivity contribution in [1.82, 2.24) is 25.3 Å². The van der Waals surface area contributed by atoms with Crippen molar-refractivity contribution in [2.75, 3.05) is 36.0 Å². The SMILES string of the molecule is NCc1ccc(F)cc1.O=C(NCc1ccc(F)cc1)c1cnc(N2CCC3(CC3)C2)nc1OCc1ccc(CO)c(Cl)c1.O=C(O)c1cnc(N2CCC3(CC3)C2)nc1OCc1ccc(CO)c(Cl)c1. The van der Waals surface area contributed by atoms with Gasteiger partial charge in [-0.25, -0.2) is 23.5 Å². The summed E-state index contributed by atoms with van der Waals surface area (Å²) in [6.07, 6.45) is 10.0. The van der Waals surface area contributed by atoms with Gasteiger partial charge in [0, 0.05) is 55.5 Å². The van der Waals surface area contributed by atoms with Crippen molar-refractivity contribution in [3.05, 3.63) is 164 Å². The summed E-state index contributed by atoms with van der Waals surface area (Å²) in [7, 11) is 0. The smallest absolute Gasteiger partial charge is 0.342 e. The van der Waals surface area contributed by atoms with E-state index >= 15 is 0 Å². The monoisotopic (exact) mass is 1010 g/mol. The van der Waals surface area contributed by atoms with Gasteiger partial charge < -0.3 is 45.6 Å². The third-order valence-electron chi connectivity index (χ3n) is 13.2. The predicted molar refractivity (Wildman–Crippen MR) is 263 cm³/mol. The summed E-state index contributed by atoms with van der Waals surface area (Å²) in [6, 6.07) is 22.5. The van der Waals surface area contributed by atoms with Crippen molar-refractivity contribution in [1.29, 1.82) is 0 Å². The zero-order chi connectivity index (χ0) is 50.1. The minimum absolute atomic E-state index is 0.0478. The normalized spacial score (nSPS) is 15.6. The molecule has 0 atom stereocenters. The number of carbonyl (C=O) groups is 2. The lowest BCUT2D eigenvalue weighted by molar-refractivity contribution is 0.0689. The maximum atomic E-state index is 13.2. The number of aromatic carboxylic acids is 1. The van der Waals surface area contributed by atoms with Crippen LogP contribution in [0.4, 0.5) is 20.7 Å². The first-order valence-electron chi connectivity index (χ1n) is 23.2. The van der Waals surface area contributed by atoms with Gasteiger partial charge in [0.1, 0.15) is 36.0 Å². The molecule has 71 heavy (non-hydrogen) atoms. The Bertz CT molecular complexity index is 2840. The zero-order valence-corrected chi connectivity index (χ0v) is 40.3. The Morgan fingerprint density at radius 2 is 1.08 bits per heavy atom. The fraction of sp³-hybridized carbons (Fsp3) is 0.346. The predicted octanol–water partition coefficient (Wildman–Crippen LogP) is 8.43. The molecule has 2 aliphatic carbocycles. The maximum absolute atomic E-state index is 13.2. The first-order valence-corrected chi connectivity index (χ1v) is 24.0. The van der Waals surface area contributed by atoms with Gasteiger partial charge in [-0.2, -0.15) is 9.97 Å². The number of carboxylic acids is 1. The number of carboxylic acid groups (broad SMARTS) is 1. The first-order chi connectivity index (χ1) is 34.3. The Hall–Kier alpha value is -6.50. The van der Waals surface area contributed by atoms with Gasteiger partial charge in [-0.05, 0) is 119 Å². The molecule has 4 aliphatic rings. The van der Waals surface area contributed by atoms with Crippen LogP contribution in [-0.2, 0) is 39.5 Å². The van der Waals surface area contributed by atoms with Crippen molar-refractivity contribution in [3.63, 3.8) is 0 Å². The van der Waals surface area contributed by atoms with Gasteiger partial charge in [0.25, 0.3) is 5.91 Å². The largest absolute Gasteiger partial charge is 0.477 e. The summed E-state index contributed by atoms with van der Waals surface area (Å²) in [6.45, 7) is 4.26. The van der Waals surface area contributed by atoms with E-state index in [0.717, 1.165) is 61.3 Å². The molecule has 6 aromatic rings. The number of nitrogens with two attached hydrogens (primary N) is 1. The van der Waals surface area contributed by atoms with E-state index in [2.05, 4.69) is 35.1 Å². The number of nitrogens with one attached hydrogen (secondary N) is 1. The fourth-order valence-electron chi connectivity index (χ4n) is 8.34. The number of hydrogen-bond acceptors (Lipinski definition) is 13. The van der Waals surface area contributed by atoms with Crippen molar-refractivity contribution in [2.45, 2.75) is 78.0 Å². The number of nitrogens with zero attached hydrogens (tertiary/aromatic N) is 6. The van der Waals surface area contributed by atoms with Crippen LogP contribution in [0.3, 0.4) is 0 Å². The number of aliphatic hydroxyl groups excluding tert-OH is 2. The topological polar surface area (TPSA) is 209 Å². The van der Waals surface area contributed by atoms with E-state index in [1.807, 2.05) is 6.07 Å².